The lowest BCUT2D eigenvalue weighted by Crippen LogP contribution is -2.40. The molecule has 0 aliphatic heterocycles. The van der Waals surface area contributed by atoms with Crippen LogP contribution < -0.4 is 5.32 Å². The van der Waals surface area contributed by atoms with Crippen LogP contribution in [0.3, 0.4) is 0 Å². The van der Waals surface area contributed by atoms with Gasteiger partial charge in [0.25, 0.3) is 0 Å². The first kappa shape index (κ1) is 27.0. The van der Waals surface area contributed by atoms with Gasteiger partial charge in [-0.25, -0.2) is 4.79 Å². The van der Waals surface area contributed by atoms with E-state index in [0.29, 0.717) is 6.29 Å². The average molecular weight is 357 g/mol. The van der Waals surface area contributed by atoms with Crippen LogP contribution >= 0.6 is 12.4 Å². The number of carbonyl (C=O) groups excluding carboxylic acids is 2. The molecule has 0 saturated heterocycles. The van der Waals surface area contributed by atoms with E-state index in [-0.39, 0.29) is 24.7 Å². The largest absolute Gasteiger partial charge is 0.444 e. The van der Waals surface area contributed by atoms with E-state index >= 15 is 0 Å². The molecule has 1 amide bonds. The molecule has 0 spiro atoms. The summed E-state index contributed by atoms with van der Waals surface area (Å²) in [5.41, 5.74) is -0.520. The Hall–Kier alpha value is -0.890. The summed E-state index contributed by atoms with van der Waals surface area (Å²) in [5.74, 6) is 0. The number of rotatable bonds is 6. The molecule has 7 nitrogen and oxygen atoms in total. The van der Waals surface area contributed by atoms with E-state index in [1.54, 1.807) is 41.9 Å². The highest BCUT2D eigenvalue weighted by molar-refractivity contribution is 5.85. The highest BCUT2D eigenvalue weighted by Crippen LogP contribution is 2.09. The molecule has 1 unspecified atom stereocenters. The Morgan fingerprint density at radius 2 is 1.61 bits per heavy atom. The van der Waals surface area contributed by atoms with Crippen molar-refractivity contribution in [1.82, 2.24) is 10.2 Å². The molecule has 140 valence electrons. The smallest absolute Gasteiger partial charge is 0.410 e. The molecule has 0 aromatic carbocycles. The summed E-state index contributed by atoms with van der Waals surface area (Å²) in [6.07, 6.45) is 0.0753. The van der Waals surface area contributed by atoms with E-state index in [1.165, 1.54) is 11.9 Å². The molecule has 1 N–H and O–H groups in total. The summed E-state index contributed by atoms with van der Waals surface area (Å²) in [6.45, 7) is 8.98. The maximum Gasteiger partial charge on any atom is 0.410 e. The number of halogens is 1. The van der Waals surface area contributed by atoms with Crippen LogP contribution in [0.5, 0.6) is 0 Å². The van der Waals surface area contributed by atoms with Crippen LogP contribution in [0.25, 0.3) is 0 Å². The fourth-order valence-electron chi connectivity index (χ4n) is 1.23. The van der Waals surface area contributed by atoms with Gasteiger partial charge in [-0.15, -0.1) is 12.4 Å². The minimum Gasteiger partial charge on any atom is -0.444 e. The zero-order valence-corrected chi connectivity index (χ0v) is 16.5. The van der Waals surface area contributed by atoms with Crippen molar-refractivity contribution in [2.45, 2.75) is 58.6 Å². The molecule has 2 atom stereocenters. The third kappa shape index (κ3) is 13.3. The summed E-state index contributed by atoms with van der Waals surface area (Å²) in [5, 5.41) is 3.02. The van der Waals surface area contributed by atoms with E-state index in [9.17, 15) is 9.59 Å². The van der Waals surface area contributed by atoms with Gasteiger partial charge < -0.3 is 29.2 Å². The Balaban J connectivity index is -0.000000354. The number of hydrogen-bond acceptors (Lipinski definition) is 6. The van der Waals surface area contributed by atoms with Crippen LogP contribution in [-0.4, -0.2) is 69.6 Å². The Morgan fingerprint density at radius 3 is 1.83 bits per heavy atom. The van der Waals surface area contributed by atoms with E-state index in [0.717, 1.165) is 0 Å². The number of likely N-dealkylation sites (N-methyl/N-ethyl adjacent to an activating group) is 2. The fourth-order valence-corrected chi connectivity index (χ4v) is 1.23. The van der Waals surface area contributed by atoms with Crippen molar-refractivity contribution in [1.29, 1.82) is 0 Å². The van der Waals surface area contributed by atoms with Crippen molar-refractivity contribution in [2.24, 2.45) is 0 Å². The van der Waals surface area contributed by atoms with Crippen molar-refractivity contribution >= 4 is 24.8 Å². The zero-order chi connectivity index (χ0) is 17.9. The van der Waals surface area contributed by atoms with Crippen molar-refractivity contribution < 1.29 is 23.8 Å². The molecule has 0 saturated carbocycles. The average Bonchev–Trinajstić information content (AvgIpc) is 2.45. The van der Waals surface area contributed by atoms with E-state index in [4.69, 9.17) is 14.2 Å². The van der Waals surface area contributed by atoms with Crippen molar-refractivity contribution in [3.63, 3.8) is 0 Å². The molecule has 8 heteroatoms. The summed E-state index contributed by atoms with van der Waals surface area (Å²) < 4.78 is 15.0. The number of aldehydes is 1. The second-order valence-corrected chi connectivity index (χ2v) is 5.89. The first-order valence-electron chi connectivity index (χ1n) is 7.18. The van der Waals surface area contributed by atoms with Crippen LogP contribution in [0.15, 0.2) is 0 Å². The molecule has 0 aliphatic rings. The fraction of sp³-hybridized carbons (Fsp3) is 0.867. The van der Waals surface area contributed by atoms with Gasteiger partial charge in [0.1, 0.15) is 11.9 Å². The Labute approximate surface area is 146 Å². The van der Waals surface area contributed by atoms with E-state index < -0.39 is 17.7 Å². The number of hydrogen-bond donors (Lipinski definition) is 1. The van der Waals surface area contributed by atoms with Crippen molar-refractivity contribution in [2.75, 3.05) is 28.3 Å². The summed E-state index contributed by atoms with van der Waals surface area (Å²) in [7, 11) is 6.66. The van der Waals surface area contributed by atoms with Crippen LogP contribution in [-0.2, 0) is 19.0 Å². The lowest BCUT2D eigenvalue weighted by atomic mass is 10.2. The molecule has 0 radical (unpaired) electrons. The second kappa shape index (κ2) is 13.5. The Kier molecular flexibility index (Phi) is 15.9. The minimum absolute atomic E-state index is 0. The molecule has 0 bridgehead atoms. The number of methoxy groups -OCH3 is 2. The number of amides is 1. The van der Waals surface area contributed by atoms with E-state index in [1.807, 2.05) is 14.0 Å². The van der Waals surface area contributed by atoms with Gasteiger partial charge in [-0.2, -0.15) is 0 Å². The standard InChI is InChI=1S/C9H17NO3.C6H15NO2.ClH/c1-7(6-11)10(5)8(12)13-9(2,3)4;1-5(7-2)6(8-3)9-4;/h6-7H,1-5H3;5-7H,1-4H3;1H/t7-;;/m0../s1. The molecular formula is C15H33ClN2O5. The molecule has 0 aromatic heterocycles. The predicted octanol–water partition coefficient (Wildman–Crippen LogP) is 2.08. The zero-order valence-electron chi connectivity index (χ0n) is 15.7. The topological polar surface area (TPSA) is 77.1 Å². The third-order valence-electron chi connectivity index (χ3n) is 2.82. The molecule has 0 aromatic rings. The summed E-state index contributed by atoms with van der Waals surface area (Å²) in [6, 6.07) is -0.213. The highest BCUT2D eigenvalue weighted by atomic mass is 35.5. The van der Waals surface area contributed by atoms with Crippen LogP contribution in [0.2, 0.25) is 0 Å². The Morgan fingerprint density at radius 1 is 1.17 bits per heavy atom. The molecule has 0 rings (SSSR count). The monoisotopic (exact) mass is 356 g/mol. The SMILES string of the molecule is CNC(C)C(OC)OC.C[C@@H](C=O)N(C)C(=O)OC(C)(C)C.Cl. The molecular weight excluding hydrogens is 324 g/mol. The minimum atomic E-state index is -0.520. The molecule has 0 heterocycles. The number of ether oxygens (including phenoxy) is 3. The Bertz CT molecular complexity index is 319. The van der Waals surface area contributed by atoms with Crippen LogP contribution in [0.4, 0.5) is 4.79 Å². The number of carbonyl (C=O) groups is 2. The van der Waals surface area contributed by atoms with Crippen LogP contribution in [0, 0.1) is 0 Å². The maximum absolute atomic E-state index is 11.3. The van der Waals surface area contributed by atoms with E-state index in [2.05, 4.69) is 5.32 Å². The normalized spacial score (nSPS) is 13.1. The van der Waals surface area contributed by atoms with Gasteiger partial charge in [-0.1, -0.05) is 0 Å². The second-order valence-electron chi connectivity index (χ2n) is 5.89. The first-order valence-corrected chi connectivity index (χ1v) is 7.18. The van der Waals surface area contributed by atoms with Gasteiger partial charge in [0.2, 0.25) is 0 Å². The van der Waals surface area contributed by atoms with Gasteiger partial charge in [-0.05, 0) is 41.7 Å². The highest BCUT2D eigenvalue weighted by Gasteiger charge is 2.22. The van der Waals surface area contributed by atoms with Crippen molar-refractivity contribution in [3.8, 4) is 0 Å². The van der Waals surface area contributed by atoms with Gasteiger partial charge >= 0.3 is 6.09 Å². The third-order valence-corrected chi connectivity index (χ3v) is 2.82. The summed E-state index contributed by atoms with van der Waals surface area (Å²) >= 11 is 0. The lowest BCUT2D eigenvalue weighted by molar-refractivity contribution is -0.118. The summed E-state index contributed by atoms with van der Waals surface area (Å²) in [4.78, 5) is 22.9. The first-order chi connectivity index (χ1) is 10.0. The number of nitrogens with one attached hydrogen (secondary N) is 1. The van der Waals surface area contributed by atoms with Gasteiger partial charge in [0.15, 0.2) is 6.29 Å². The quantitative estimate of drug-likeness (QED) is 0.580. The molecule has 23 heavy (non-hydrogen) atoms. The predicted molar refractivity (Wildman–Crippen MR) is 93.1 cm³/mol. The van der Waals surface area contributed by atoms with Crippen LogP contribution in [0.1, 0.15) is 34.6 Å². The van der Waals surface area contributed by atoms with Crippen molar-refractivity contribution in [3.05, 3.63) is 0 Å². The number of nitrogens with zero attached hydrogens (tertiary/aromatic N) is 1. The van der Waals surface area contributed by atoms with Gasteiger partial charge in [-0.3, -0.25) is 0 Å². The van der Waals surface area contributed by atoms with Gasteiger partial charge in [0, 0.05) is 21.3 Å². The lowest BCUT2D eigenvalue weighted by Gasteiger charge is -2.26. The van der Waals surface area contributed by atoms with Gasteiger partial charge in [0.05, 0.1) is 12.1 Å². The molecule has 0 aliphatic carbocycles. The molecule has 0 fully saturated rings. The maximum atomic E-state index is 11.3.